The first kappa shape index (κ1) is 16.5. The second-order valence-electron chi connectivity index (χ2n) is 5.75. The molecule has 0 radical (unpaired) electrons. The number of carbonyl (C=O) groups is 1. The van der Waals surface area contributed by atoms with Gasteiger partial charge in [-0.05, 0) is 38.3 Å². The first-order valence-corrected chi connectivity index (χ1v) is 9.02. The molecule has 3 aromatic heterocycles. The van der Waals surface area contributed by atoms with E-state index in [1.807, 2.05) is 29.8 Å². The highest BCUT2D eigenvalue weighted by Crippen LogP contribution is 2.23. The van der Waals surface area contributed by atoms with Crippen molar-refractivity contribution in [2.75, 3.05) is 5.32 Å². The number of amides is 1. The van der Waals surface area contributed by atoms with Crippen molar-refractivity contribution in [1.29, 1.82) is 0 Å². The molecule has 3 rings (SSSR count). The van der Waals surface area contributed by atoms with E-state index in [1.165, 1.54) is 33.4 Å². The molecule has 24 heavy (non-hydrogen) atoms. The molecule has 3 aromatic rings. The minimum Gasteiger partial charge on any atom is -0.300 e. The number of aryl methyl sites for hydroxylation is 1. The SMILES string of the molecule is Cc1csc(NC(=O)C(C)(C)n2nc(-c3cccs3)ccc2=O)n1. The standard InChI is InChI=1S/C16H16N4O2S2/c1-10-9-24-15(17-10)18-14(22)16(2,3)20-13(21)7-6-11(19-20)12-5-4-8-23-12/h4-9H,1-3H3,(H,17,18,22). The van der Waals surface area contributed by atoms with Crippen molar-refractivity contribution in [3.05, 3.63) is 51.1 Å². The summed E-state index contributed by atoms with van der Waals surface area (Å²) in [5, 5.41) is 11.4. The fraction of sp³-hybridized carbons (Fsp3) is 0.250. The highest BCUT2D eigenvalue weighted by molar-refractivity contribution is 7.14. The van der Waals surface area contributed by atoms with Gasteiger partial charge in [0.15, 0.2) is 5.13 Å². The molecular weight excluding hydrogens is 344 g/mol. The normalized spacial score (nSPS) is 11.5. The first-order valence-electron chi connectivity index (χ1n) is 7.26. The number of rotatable bonds is 4. The van der Waals surface area contributed by atoms with Gasteiger partial charge < -0.3 is 0 Å². The number of hydrogen-bond donors (Lipinski definition) is 1. The van der Waals surface area contributed by atoms with E-state index in [1.54, 1.807) is 19.9 Å². The van der Waals surface area contributed by atoms with Crippen LogP contribution in [0.15, 0.2) is 39.8 Å². The molecule has 124 valence electrons. The topological polar surface area (TPSA) is 76.9 Å². The summed E-state index contributed by atoms with van der Waals surface area (Å²) in [5.74, 6) is -0.338. The highest BCUT2D eigenvalue weighted by atomic mass is 32.1. The second-order valence-corrected chi connectivity index (χ2v) is 7.56. The molecular formula is C16H16N4O2S2. The summed E-state index contributed by atoms with van der Waals surface area (Å²) in [6.07, 6.45) is 0. The van der Waals surface area contributed by atoms with Gasteiger partial charge in [0.1, 0.15) is 11.2 Å². The lowest BCUT2D eigenvalue weighted by molar-refractivity contribution is -0.123. The molecule has 0 saturated carbocycles. The summed E-state index contributed by atoms with van der Waals surface area (Å²) in [6, 6.07) is 6.94. The first-order chi connectivity index (χ1) is 11.4. The fourth-order valence-corrected chi connectivity index (χ4v) is 3.50. The van der Waals surface area contributed by atoms with Gasteiger partial charge in [0.25, 0.3) is 11.5 Å². The van der Waals surface area contributed by atoms with Crippen LogP contribution in [0.3, 0.4) is 0 Å². The van der Waals surface area contributed by atoms with Crippen molar-refractivity contribution in [3.8, 4) is 10.6 Å². The van der Waals surface area contributed by atoms with Crippen molar-refractivity contribution in [1.82, 2.24) is 14.8 Å². The zero-order chi connectivity index (χ0) is 17.3. The number of nitrogens with one attached hydrogen (secondary N) is 1. The van der Waals surface area contributed by atoms with E-state index in [0.29, 0.717) is 10.8 Å². The van der Waals surface area contributed by atoms with Gasteiger partial charge in [-0.2, -0.15) is 5.10 Å². The Morgan fingerprint density at radius 2 is 2.04 bits per heavy atom. The maximum Gasteiger partial charge on any atom is 0.267 e. The molecule has 6 nitrogen and oxygen atoms in total. The summed E-state index contributed by atoms with van der Waals surface area (Å²) in [6.45, 7) is 5.18. The number of nitrogens with zero attached hydrogens (tertiary/aromatic N) is 3. The van der Waals surface area contributed by atoms with Crippen LogP contribution in [-0.2, 0) is 10.3 Å². The van der Waals surface area contributed by atoms with Crippen molar-refractivity contribution in [2.45, 2.75) is 26.3 Å². The Kier molecular flexibility index (Phi) is 4.33. The van der Waals surface area contributed by atoms with Crippen LogP contribution >= 0.6 is 22.7 Å². The van der Waals surface area contributed by atoms with Crippen molar-refractivity contribution < 1.29 is 4.79 Å². The number of thiazole rings is 1. The lowest BCUT2D eigenvalue weighted by Crippen LogP contribution is -2.47. The minimum absolute atomic E-state index is 0.328. The van der Waals surface area contributed by atoms with Crippen LogP contribution in [0.4, 0.5) is 5.13 Å². The van der Waals surface area contributed by atoms with Crippen LogP contribution < -0.4 is 10.9 Å². The predicted molar refractivity (Wildman–Crippen MR) is 96.6 cm³/mol. The van der Waals surface area contributed by atoms with E-state index < -0.39 is 5.54 Å². The monoisotopic (exact) mass is 360 g/mol. The third-order valence-corrected chi connectivity index (χ3v) is 5.27. The molecule has 0 fully saturated rings. The number of hydrogen-bond acceptors (Lipinski definition) is 6. The molecule has 0 bridgehead atoms. The van der Waals surface area contributed by atoms with E-state index in [-0.39, 0.29) is 11.5 Å². The molecule has 8 heteroatoms. The number of carbonyl (C=O) groups excluding carboxylic acids is 1. The maximum absolute atomic E-state index is 12.7. The van der Waals surface area contributed by atoms with Gasteiger partial charge in [0.05, 0.1) is 10.6 Å². The van der Waals surface area contributed by atoms with E-state index in [9.17, 15) is 9.59 Å². The van der Waals surface area contributed by atoms with Crippen molar-refractivity contribution in [3.63, 3.8) is 0 Å². The van der Waals surface area contributed by atoms with E-state index in [4.69, 9.17) is 0 Å². The van der Waals surface area contributed by atoms with Crippen LogP contribution in [0.1, 0.15) is 19.5 Å². The minimum atomic E-state index is -1.15. The van der Waals surface area contributed by atoms with Crippen LogP contribution in [0.2, 0.25) is 0 Å². The van der Waals surface area contributed by atoms with Gasteiger partial charge in [-0.3, -0.25) is 14.9 Å². The zero-order valence-corrected chi connectivity index (χ0v) is 15.1. The van der Waals surface area contributed by atoms with Crippen LogP contribution in [0.25, 0.3) is 10.6 Å². The smallest absolute Gasteiger partial charge is 0.267 e. The molecule has 3 heterocycles. The molecule has 0 atom stereocenters. The molecule has 0 aliphatic heterocycles. The highest BCUT2D eigenvalue weighted by Gasteiger charge is 2.33. The van der Waals surface area contributed by atoms with Gasteiger partial charge in [0, 0.05) is 11.4 Å². The average Bonchev–Trinajstić information content (AvgIpc) is 3.19. The Balaban J connectivity index is 1.95. The number of aromatic nitrogens is 3. The summed E-state index contributed by atoms with van der Waals surface area (Å²) in [5.41, 5.74) is 0.0219. The second kappa shape index (κ2) is 6.29. The molecule has 0 aliphatic carbocycles. The summed E-state index contributed by atoms with van der Waals surface area (Å²) >= 11 is 2.87. The number of anilines is 1. The fourth-order valence-electron chi connectivity index (χ4n) is 2.13. The molecule has 0 aliphatic rings. The van der Waals surface area contributed by atoms with Gasteiger partial charge in [-0.25, -0.2) is 9.67 Å². The third-order valence-electron chi connectivity index (χ3n) is 3.50. The van der Waals surface area contributed by atoms with Crippen LogP contribution in [0.5, 0.6) is 0 Å². The Morgan fingerprint density at radius 3 is 2.67 bits per heavy atom. The summed E-state index contributed by atoms with van der Waals surface area (Å²) < 4.78 is 1.22. The lowest BCUT2D eigenvalue weighted by Gasteiger charge is -2.24. The van der Waals surface area contributed by atoms with E-state index in [2.05, 4.69) is 15.4 Å². The Labute approximate surface area is 146 Å². The van der Waals surface area contributed by atoms with Crippen molar-refractivity contribution >= 4 is 33.7 Å². The third kappa shape index (κ3) is 3.15. The largest absolute Gasteiger partial charge is 0.300 e. The Morgan fingerprint density at radius 1 is 1.25 bits per heavy atom. The van der Waals surface area contributed by atoms with Gasteiger partial charge in [0.2, 0.25) is 0 Å². The molecule has 0 saturated heterocycles. The molecule has 0 aromatic carbocycles. The van der Waals surface area contributed by atoms with Gasteiger partial charge in [-0.1, -0.05) is 6.07 Å². The van der Waals surface area contributed by atoms with Gasteiger partial charge in [-0.15, -0.1) is 22.7 Å². The van der Waals surface area contributed by atoms with Crippen LogP contribution in [-0.4, -0.2) is 20.7 Å². The lowest BCUT2D eigenvalue weighted by atomic mass is 10.1. The summed E-state index contributed by atoms with van der Waals surface area (Å²) in [7, 11) is 0. The van der Waals surface area contributed by atoms with E-state index >= 15 is 0 Å². The number of thiophene rings is 1. The van der Waals surface area contributed by atoms with Crippen LogP contribution in [0, 0.1) is 6.92 Å². The predicted octanol–water partition coefficient (Wildman–Crippen LogP) is 3.11. The average molecular weight is 360 g/mol. The summed E-state index contributed by atoms with van der Waals surface area (Å²) in [4.78, 5) is 30.1. The van der Waals surface area contributed by atoms with Crippen molar-refractivity contribution in [2.24, 2.45) is 0 Å². The molecule has 1 N–H and O–H groups in total. The zero-order valence-electron chi connectivity index (χ0n) is 13.4. The Bertz CT molecular complexity index is 926. The quantitative estimate of drug-likeness (QED) is 0.775. The molecule has 0 unspecified atom stereocenters. The Hall–Kier alpha value is -2.32. The maximum atomic E-state index is 12.7. The van der Waals surface area contributed by atoms with Gasteiger partial charge >= 0.3 is 0 Å². The van der Waals surface area contributed by atoms with E-state index in [0.717, 1.165) is 10.6 Å². The molecule has 1 amide bonds. The molecule has 0 spiro atoms.